The van der Waals surface area contributed by atoms with Crippen LogP contribution in [0.3, 0.4) is 0 Å². The molecule has 0 amide bonds. The van der Waals surface area contributed by atoms with Gasteiger partial charge in [-0.1, -0.05) is 0 Å². The van der Waals surface area contributed by atoms with Crippen molar-refractivity contribution in [1.29, 1.82) is 0 Å². The monoisotopic (exact) mass is 296 g/mol. The van der Waals surface area contributed by atoms with Gasteiger partial charge in [0.25, 0.3) is 0 Å². The fourth-order valence-electron chi connectivity index (χ4n) is 0.755. The Hall–Kier alpha value is 0.130. The Labute approximate surface area is 91.2 Å². The molecule has 0 aromatic carbocycles. The molecule has 0 saturated carbocycles. The summed E-state index contributed by atoms with van der Waals surface area (Å²) in [5.74, 6) is 0.467. The van der Waals surface area contributed by atoms with Crippen molar-refractivity contribution in [3.05, 3.63) is 0 Å². The van der Waals surface area contributed by atoms with E-state index in [1.54, 1.807) is 6.92 Å². The van der Waals surface area contributed by atoms with E-state index >= 15 is 0 Å². The van der Waals surface area contributed by atoms with Gasteiger partial charge in [-0.05, 0) is 0 Å². The van der Waals surface area contributed by atoms with Crippen LogP contribution in [0.2, 0.25) is 0 Å². The summed E-state index contributed by atoms with van der Waals surface area (Å²) in [7, 11) is 0. The summed E-state index contributed by atoms with van der Waals surface area (Å²) in [6.45, 7) is 4.39. The molecule has 0 fully saturated rings. The molecule has 0 aromatic heterocycles. The van der Waals surface area contributed by atoms with Gasteiger partial charge < -0.3 is 0 Å². The van der Waals surface area contributed by atoms with E-state index in [1.165, 1.54) is 2.89 Å². The van der Waals surface area contributed by atoms with E-state index in [9.17, 15) is 13.2 Å². The zero-order chi connectivity index (χ0) is 10.6. The Bertz CT molecular complexity index is 189. The number of rotatable bonds is 2. The molecule has 2 nitrogen and oxygen atoms in total. The molecule has 0 unspecified atom stereocenters. The predicted molar refractivity (Wildman–Crippen MR) is 46.8 cm³/mol. The average molecular weight is 296 g/mol. The molecule has 0 spiro atoms. The van der Waals surface area contributed by atoms with Crippen molar-refractivity contribution in [2.24, 2.45) is 4.99 Å². The molecule has 74 valence electrons. The van der Waals surface area contributed by atoms with Gasteiger partial charge >= 0.3 is 91.1 Å². The first-order valence-corrected chi connectivity index (χ1v) is 5.33. The molecular formula is C7H12F3InN2. The maximum atomic E-state index is 11.9. The van der Waals surface area contributed by atoms with Crippen molar-refractivity contribution in [3.63, 3.8) is 0 Å². The van der Waals surface area contributed by atoms with E-state index in [2.05, 4.69) is 4.99 Å². The second-order valence-corrected chi connectivity index (χ2v) is 4.79. The molecule has 0 atom stereocenters. The molecule has 0 rings (SSSR count). The van der Waals surface area contributed by atoms with Gasteiger partial charge in [-0.15, -0.1) is 0 Å². The Morgan fingerprint density at radius 2 is 1.92 bits per heavy atom. The third-order valence-electron chi connectivity index (χ3n) is 1.21. The first-order chi connectivity index (χ1) is 5.72. The molecular weight excluding hydrogens is 284 g/mol. The minimum atomic E-state index is -4.13. The molecule has 0 aromatic rings. The van der Waals surface area contributed by atoms with Crippen molar-refractivity contribution >= 4 is 30.5 Å². The number of hydrogen-bond acceptors (Lipinski definition) is 1. The van der Waals surface area contributed by atoms with Crippen LogP contribution < -0.4 is 0 Å². The van der Waals surface area contributed by atoms with Gasteiger partial charge in [0.15, 0.2) is 0 Å². The van der Waals surface area contributed by atoms with E-state index in [0.29, 0.717) is 30.5 Å². The Morgan fingerprint density at radius 3 is 2.23 bits per heavy atom. The molecule has 0 aliphatic rings. The molecule has 0 aliphatic carbocycles. The average Bonchev–Trinajstić information content (AvgIpc) is 1.81. The Morgan fingerprint density at radius 1 is 1.46 bits per heavy atom. The van der Waals surface area contributed by atoms with Crippen LogP contribution >= 0.6 is 0 Å². The molecule has 0 N–H and O–H groups in total. The summed E-state index contributed by atoms with van der Waals surface area (Å²) >= 11 is 0.408. The van der Waals surface area contributed by atoms with Gasteiger partial charge in [0.05, 0.1) is 0 Å². The van der Waals surface area contributed by atoms with Gasteiger partial charge in [-0.3, -0.25) is 0 Å². The fraction of sp³-hybridized carbons (Fsp3) is 0.857. The second kappa shape index (κ2) is 5.12. The SMILES string of the molecule is CC(=NC(C)C)[N]([In])CC(F)(F)F. The number of nitrogens with zero attached hydrogens (tertiary/aromatic N) is 2. The summed E-state index contributed by atoms with van der Waals surface area (Å²) in [4.78, 5) is 4.04. The van der Waals surface area contributed by atoms with Crippen LogP contribution in [0, 0.1) is 0 Å². The molecule has 0 aliphatic heterocycles. The van der Waals surface area contributed by atoms with Crippen LogP contribution in [0.25, 0.3) is 0 Å². The molecule has 13 heavy (non-hydrogen) atoms. The van der Waals surface area contributed by atoms with Gasteiger partial charge in [0, 0.05) is 0 Å². The third kappa shape index (κ3) is 7.22. The molecule has 2 radical (unpaired) electrons. The number of halogens is 3. The Kier molecular flexibility index (Phi) is 5.17. The second-order valence-electron chi connectivity index (χ2n) is 3.01. The van der Waals surface area contributed by atoms with Crippen molar-refractivity contribution in [2.45, 2.75) is 33.0 Å². The van der Waals surface area contributed by atoms with Gasteiger partial charge in [0.1, 0.15) is 0 Å². The van der Waals surface area contributed by atoms with Crippen molar-refractivity contribution in [3.8, 4) is 0 Å². The standard InChI is InChI=1S/C7H12F3N2.In/c1-5(2)12-6(3)11-4-7(8,9)10;/h5H,4H2,1-3H3;/q-1;+1. The normalized spacial score (nSPS) is 13.6. The molecule has 0 saturated heterocycles. The van der Waals surface area contributed by atoms with Crippen LogP contribution in [-0.4, -0.2) is 52.1 Å². The zero-order valence-corrected chi connectivity index (χ0v) is 11.2. The maximum absolute atomic E-state index is 11.9. The predicted octanol–water partition coefficient (Wildman–Crippen LogP) is 1.76. The van der Waals surface area contributed by atoms with Crippen LogP contribution in [0.1, 0.15) is 20.8 Å². The number of aliphatic imine (C=N–C) groups is 1. The molecule has 6 heteroatoms. The fourth-order valence-corrected chi connectivity index (χ4v) is 1.54. The van der Waals surface area contributed by atoms with Gasteiger partial charge in [0.2, 0.25) is 0 Å². The van der Waals surface area contributed by atoms with Gasteiger partial charge in [-0.25, -0.2) is 0 Å². The van der Waals surface area contributed by atoms with E-state index in [-0.39, 0.29) is 6.04 Å². The minimum absolute atomic E-state index is 0.0446. The third-order valence-corrected chi connectivity index (χ3v) is 2.80. The van der Waals surface area contributed by atoms with Gasteiger partial charge in [-0.2, -0.15) is 0 Å². The van der Waals surface area contributed by atoms with Crippen LogP contribution in [0.15, 0.2) is 4.99 Å². The van der Waals surface area contributed by atoms with Crippen molar-refractivity contribution in [1.82, 2.24) is 2.89 Å². The van der Waals surface area contributed by atoms with Crippen LogP contribution in [0.5, 0.6) is 0 Å². The van der Waals surface area contributed by atoms with E-state index in [0.717, 1.165) is 0 Å². The molecule has 0 heterocycles. The summed E-state index contributed by atoms with van der Waals surface area (Å²) in [6.07, 6.45) is -4.13. The topological polar surface area (TPSA) is 15.6 Å². The zero-order valence-electron chi connectivity index (χ0n) is 7.89. The number of alkyl halides is 3. The summed E-state index contributed by atoms with van der Waals surface area (Å²) < 4.78 is 37.0. The van der Waals surface area contributed by atoms with Crippen molar-refractivity contribution in [2.75, 3.05) is 6.54 Å². The van der Waals surface area contributed by atoms with E-state index in [4.69, 9.17) is 0 Å². The summed E-state index contributed by atoms with van der Waals surface area (Å²) in [5.41, 5.74) is 0. The van der Waals surface area contributed by atoms with E-state index < -0.39 is 12.7 Å². The molecule has 0 bridgehead atoms. The number of amidine groups is 1. The Balaban J connectivity index is 4.19. The first-order valence-electron chi connectivity index (χ1n) is 3.86. The van der Waals surface area contributed by atoms with E-state index in [1.807, 2.05) is 13.8 Å². The van der Waals surface area contributed by atoms with Crippen LogP contribution in [-0.2, 0) is 0 Å². The number of hydrogen-bond donors (Lipinski definition) is 0. The quantitative estimate of drug-likeness (QED) is 0.560. The van der Waals surface area contributed by atoms with Crippen molar-refractivity contribution < 1.29 is 13.2 Å². The first kappa shape index (κ1) is 13.1. The van der Waals surface area contributed by atoms with Crippen LogP contribution in [0.4, 0.5) is 13.2 Å². The summed E-state index contributed by atoms with van der Waals surface area (Å²) in [5, 5.41) is 0. The summed E-state index contributed by atoms with van der Waals surface area (Å²) in [6, 6.07) is 0.0446.